The number of hydrogen-bond donors (Lipinski definition) is 0. The number of nitrogens with zero attached hydrogens (tertiary/aromatic N) is 2. The van der Waals surface area contributed by atoms with Crippen molar-refractivity contribution in [3.63, 3.8) is 0 Å². The van der Waals surface area contributed by atoms with E-state index in [2.05, 4.69) is 9.97 Å². The summed E-state index contributed by atoms with van der Waals surface area (Å²) in [5.41, 5.74) is -0.546. The molecule has 17 heavy (non-hydrogen) atoms. The van der Waals surface area contributed by atoms with Gasteiger partial charge in [0.15, 0.2) is 21.9 Å². The number of aromatic nitrogens is 2. The maximum atomic E-state index is 13.3. The minimum Gasteiger partial charge on any atom is -0.367 e. The van der Waals surface area contributed by atoms with Crippen LogP contribution in [0.3, 0.4) is 0 Å². The van der Waals surface area contributed by atoms with Gasteiger partial charge in [0.2, 0.25) is 0 Å². The third-order valence-corrected chi connectivity index (χ3v) is 3.51. The first-order chi connectivity index (χ1) is 8.09. The minimum absolute atomic E-state index is 0.244. The fraction of sp³-hybridized carbons (Fsp3) is 0.636. The van der Waals surface area contributed by atoms with E-state index in [1.807, 2.05) is 6.92 Å². The molecule has 0 unspecified atom stereocenters. The van der Waals surface area contributed by atoms with Crippen LogP contribution in [0.4, 0.5) is 4.39 Å². The Morgan fingerprint density at radius 2 is 1.76 bits per heavy atom. The van der Waals surface area contributed by atoms with Crippen molar-refractivity contribution in [3.8, 4) is 0 Å². The second-order valence-corrected chi connectivity index (χ2v) is 4.79. The van der Waals surface area contributed by atoms with Gasteiger partial charge in [0.1, 0.15) is 5.60 Å². The molecule has 1 aliphatic rings. The van der Waals surface area contributed by atoms with Crippen LogP contribution in [-0.4, -0.2) is 16.6 Å². The fourth-order valence-electron chi connectivity index (χ4n) is 2.25. The molecule has 0 atom stereocenters. The summed E-state index contributed by atoms with van der Waals surface area (Å²) >= 11 is 11.4. The quantitative estimate of drug-likeness (QED) is 0.791. The zero-order valence-corrected chi connectivity index (χ0v) is 11.0. The van der Waals surface area contributed by atoms with Gasteiger partial charge in [0, 0.05) is 6.61 Å². The smallest absolute Gasteiger partial charge is 0.197 e. The molecule has 1 aliphatic carbocycles. The van der Waals surface area contributed by atoms with Crippen LogP contribution in [0.1, 0.15) is 38.4 Å². The zero-order valence-electron chi connectivity index (χ0n) is 9.47. The first kappa shape index (κ1) is 13.0. The van der Waals surface area contributed by atoms with Crippen LogP contribution >= 0.6 is 23.2 Å². The summed E-state index contributed by atoms with van der Waals surface area (Å²) < 4.78 is 19.0. The van der Waals surface area contributed by atoms with Gasteiger partial charge in [-0.25, -0.2) is 14.4 Å². The summed E-state index contributed by atoms with van der Waals surface area (Å²) in [4.78, 5) is 7.95. The molecule has 0 N–H and O–H groups in total. The molecule has 1 saturated carbocycles. The lowest BCUT2D eigenvalue weighted by Crippen LogP contribution is -2.29. The Hall–Kier alpha value is -0.450. The van der Waals surface area contributed by atoms with Gasteiger partial charge in [0.25, 0.3) is 0 Å². The molecule has 1 aromatic heterocycles. The molecule has 0 saturated heterocycles. The maximum absolute atomic E-state index is 13.3. The van der Waals surface area contributed by atoms with Gasteiger partial charge in [-0.05, 0) is 32.6 Å². The van der Waals surface area contributed by atoms with E-state index in [4.69, 9.17) is 27.9 Å². The Labute approximate surface area is 109 Å². The van der Waals surface area contributed by atoms with Crippen LogP contribution in [0.5, 0.6) is 0 Å². The van der Waals surface area contributed by atoms with Gasteiger partial charge < -0.3 is 4.74 Å². The van der Waals surface area contributed by atoms with E-state index in [0.29, 0.717) is 12.4 Å². The van der Waals surface area contributed by atoms with E-state index in [-0.39, 0.29) is 10.3 Å². The summed E-state index contributed by atoms with van der Waals surface area (Å²) in [7, 11) is 0. The van der Waals surface area contributed by atoms with E-state index in [1.54, 1.807) is 0 Å². The number of halogens is 3. The maximum Gasteiger partial charge on any atom is 0.197 e. The van der Waals surface area contributed by atoms with E-state index in [9.17, 15) is 4.39 Å². The van der Waals surface area contributed by atoms with Crippen molar-refractivity contribution in [1.29, 1.82) is 0 Å². The lowest BCUT2D eigenvalue weighted by atomic mass is 10.0. The Kier molecular flexibility index (Phi) is 3.85. The average molecular weight is 279 g/mol. The summed E-state index contributed by atoms with van der Waals surface area (Å²) in [5.74, 6) is -0.380. The second-order valence-electron chi connectivity index (χ2n) is 4.08. The molecule has 0 amide bonds. The standard InChI is InChI=1S/C11H13Cl2FN2O/c1-2-17-11(5-3-4-6-11)10-15-8(12)7(14)9(13)16-10/h2-6H2,1H3. The molecule has 94 valence electrons. The Morgan fingerprint density at radius 3 is 2.24 bits per heavy atom. The molecule has 0 aromatic carbocycles. The number of hydrogen-bond acceptors (Lipinski definition) is 3. The Morgan fingerprint density at radius 1 is 1.24 bits per heavy atom. The first-order valence-electron chi connectivity index (χ1n) is 5.62. The zero-order chi connectivity index (χ0) is 12.5. The van der Waals surface area contributed by atoms with Crippen molar-refractivity contribution in [1.82, 2.24) is 9.97 Å². The van der Waals surface area contributed by atoms with Gasteiger partial charge in [-0.15, -0.1) is 0 Å². The highest BCUT2D eigenvalue weighted by Crippen LogP contribution is 2.41. The van der Waals surface area contributed by atoms with Crippen LogP contribution in [0.2, 0.25) is 10.3 Å². The summed E-state index contributed by atoms with van der Waals surface area (Å²) in [6.45, 7) is 2.46. The van der Waals surface area contributed by atoms with E-state index in [1.165, 1.54) is 0 Å². The molecule has 6 heteroatoms. The highest BCUT2D eigenvalue weighted by atomic mass is 35.5. The van der Waals surface area contributed by atoms with Gasteiger partial charge in [-0.1, -0.05) is 23.2 Å². The average Bonchev–Trinajstić information content (AvgIpc) is 2.75. The molecule has 0 radical (unpaired) electrons. The summed E-state index contributed by atoms with van der Waals surface area (Å²) in [5, 5.41) is -0.489. The predicted octanol–water partition coefficient (Wildman–Crippen LogP) is 3.73. The van der Waals surface area contributed by atoms with Crippen LogP contribution in [0, 0.1) is 5.82 Å². The Bertz CT molecular complexity index is 399. The van der Waals surface area contributed by atoms with Crippen molar-refractivity contribution in [2.45, 2.75) is 38.2 Å². The van der Waals surface area contributed by atoms with Crippen molar-refractivity contribution in [3.05, 3.63) is 21.9 Å². The molecule has 3 nitrogen and oxygen atoms in total. The first-order valence-corrected chi connectivity index (χ1v) is 6.37. The SMILES string of the molecule is CCOC1(c2nc(Cl)c(F)c(Cl)n2)CCCC1. The third kappa shape index (κ3) is 2.39. The molecule has 1 heterocycles. The lowest BCUT2D eigenvalue weighted by Gasteiger charge is -2.27. The fourth-order valence-corrected chi connectivity index (χ4v) is 2.64. The lowest BCUT2D eigenvalue weighted by molar-refractivity contribution is -0.0458. The molecule has 0 spiro atoms. The molecule has 0 aliphatic heterocycles. The van der Waals surface area contributed by atoms with E-state index in [0.717, 1.165) is 25.7 Å². The largest absolute Gasteiger partial charge is 0.367 e. The van der Waals surface area contributed by atoms with Crippen LogP contribution < -0.4 is 0 Å². The Balaban J connectivity index is 2.43. The van der Waals surface area contributed by atoms with E-state index >= 15 is 0 Å². The van der Waals surface area contributed by atoms with Crippen LogP contribution in [0.25, 0.3) is 0 Å². The summed E-state index contributed by atoms with van der Waals surface area (Å²) in [6, 6.07) is 0. The number of rotatable bonds is 3. The molecule has 0 bridgehead atoms. The van der Waals surface area contributed by atoms with E-state index < -0.39 is 11.4 Å². The van der Waals surface area contributed by atoms with Crippen LogP contribution in [-0.2, 0) is 10.3 Å². The highest BCUT2D eigenvalue weighted by Gasteiger charge is 2.40. The topological polar surface area (TPSA) is 35.0 Å². The molecular formula is C11H13Cl2FN2O. The van der Waals surface area contributed by atoms with Crippen LogP contribution in [0.15, 0.2) is 0 Å². The highest BCUT2D eigenvalue weighted by molar-refractivity contribution is 6.33. The monoisotopic (exact) mass is 278 g/mol. The van der Waals surface area contributed by atoms with Crippen molar-refractivity contribution >= 4 is 23.2 Å². The number of ether oxygens (including phenoxy) is 1. The van der Waals surface area contributed by atoms with Gasteiger partial charge in [0.05, 0.1) is 0 Å². The van der Waals surface area contributed by atoms with Gasteiger partial charge in [-0.3, -0.25) is 0 Å². The molecule has 1 aromatic rings. The second kappa shape index (κ2) is 5.04. The van der Waals surface area contributed by atoms with Gasteiger partial charge in [-0.2, -0.15) is 0 Å². The molecule has 1 fully saturated rings. The molecular weight excluding hydrogens is 266 g/mol. The predicted molar refractivity (Wildman–Crippen MR) is 63.8 cm³/mol. The normalized spacial score (nSPS) is 18.6. The minimum atomic E-state index is -0.776. The molecule has 2 rings (SSSR count). The summed E-state index contributed by atoms with van der Waals surface area (Å²) in [6.07, 6.45) is 3.71. The third-order valence-electron chi connectivity index (χ3n) is 3.01. The van der Waals surface area contributed by atoms with Crippen molar-refractivity contribution in [2.75, 3.05) is 6.61 Å². The van der Waals surface area contributed by atoms with Crippen molar-refractivity contribution < 1.29 is 9.13 Å². The van der Waals surface area contributed by atoms with Crippen molar-refractivity contribution in [2.24, 2.45) is 0 Å². The van der Waals surface area contributed by atoms with Gasteiger partial charge >= 0.3 is 0 Å².